The summed E-state index contributed by atoms with van der Waals surface area (Å²) in [5.74, 6) is -0.184. The zero-order valence-corrected chi connectivity index (χ0v) is 10.4. The van der Waals surface area contributed by atoms with Crippen molar-refractivity contribution in [2.45, 2.75) is 13.3 Å². The molecule has 1 heterocycles. The van der Waals surface area contributed by atoms with E-state index in [1.54, 1.807) is 0 Å². The predicted octanol–water partition coefficient (Wildman–Crippen LogP) is 0.772. The van der Waals surface area contributed by atoms with Gasteiger partial charge in [-0.15, -0.1) is 0 Å². The van der Waals surface area contributed by atoms with Gasteiger partial charge < -0.3 is 14.8 Å². The minimum atomic E-state index is -0.617. The molecule has 0 amide bonds. The van der Waals surface area contributed by atoms with Gasteiger partial charge in [0, 0.05) is 6.54 Å². The molecule has 8 heteroatoms. The molecule has 0 fully saturated rings. The minimum absolute atomic E-state index is 0.0786. The molecule has 1 aromatic heterocycles. The van der Waals surface area contributed by atoms with E-state index in [2.05, 4.69) is 15.3 Å². The third kappa shape index (κ3) is 3.81. The highest BCUT2D eigenvalue weighted by atomic mass is 16.6. The van der Waals surface area contributed by atoms with Gasteiger partial charge in [0.25, 0.3) is 0 Å². The molecule has 0 unspecified atom stereocenters. The zero-order chi connectivity index (χ0) is 13.4. The molecule has 0 aliphatic heterocycles. The van der Waals surface area contributed by atoms with E-state index < -0.39 is 4.92 Å². The van der Waals surface area contributed by atoms with E-state index in [1.165, 1.54) is 13.4 Å². The lowest BCUT2D eigenvalue weighted by atomic mass is 10.4. The van der Waals surface area contributed by atoms with Crippen LogP contribution in [0.2, 0.25) is 0 Å². The van der Waals surface area contributed by atoms with E-state index in [0.29, 0.717) is 13.2 Å². The zero-order valence-electron chi connectivity index (χ0n) is 10.4. The number of nitrogens with one attached hydrogen (secondary N) is 1. The summed E-state index contributed by atoms with van der Waals surface area (Å²) in [4.78, 5) is 17.7. The van der Waals surface area contributed by atoms with Crippen LogP contribution in [0.15, 0.2) is 6.33 Å². The van der Waals surface area contributed by atoms with Crippen molar-refractivity contribution in [2.75, 3.05) is 26.8 Å². The number of ether oxygens (including phenoxy) is 2. The second-order valence-corrected chi connectivity index (χ2v) is 3.39. The molecule has 0 spiro atoms. The van der Waals surface area contributed by atoms with Gasteiger partial charge in [0.15, 0.2) is 0 Å². The van der Waals surface area contributed by atoms with Crippen LogP contribution in [0, 0.1) is 10.1 Å². The lowest BCUT2D eigenvalue weighted by molar-refractivity contribution is -0.387. The fraction of sp³-hybridized carbons (Fsp3) is 0.600. The number of rotatable bonds is 8. The summed E-state index contributed by atoms with van der Waals surface area (Å²) in [6.45, 7) is 3.81. The van der Waals surface area contributed by atoms with Crippen molar-refractivity contribution in [3.63, 3.8) is 0 Å². The Morgan fingerprint density at radius 2 is 2.11 bits per heavy atom. The molecule has 1 aromatic rings. The fourth-order valence-electron chi connectivity index (χ4n) is 1.28. The van der Waals surface area contributed by atoms with Crippen molar-refractivity contribution < 1.29 is 14.4 Å². The molecule has 0 saturated carbocycles. The van der Waals surface area contributed by atoms with Gasteiger partial charge in [0.2, 0.25) is 0 Å². The van der Waals surface area contributed by atoms with E-state index in [1.807, 2.05) is 6.92 Å². The van der Waals surface area contributed by atoms with Gasteiger partial charge in [-0.1, -0.05) is 6.92 Å². The van der Waals surface area contributed by atoms with Crippen molar-refractivity contribution in [3.8, 4) is 11.8 Å². The normalized spacial score (nSPS) is 10.1. The lowest BCUT2D eigenvalue weighted by Gasteiger charge is -2.07. The van der Waals surface area contributed by atoms with Gasteiger partial charge in [0.1, 0.15) is 12.9 Å². The average molecular weight is 256 g/mol. The number of nitrogens with zero attached hydrogens (tertiary/aromatic N) is 3. The molecule has 1 N–H and O–H groups in total. The molecular formula is C10H16N4O4. The van der Waals surface area contributed by atoms with Gasteiger partial charge in [-0.3, -0.25) is 10.1 Å². The van der Waals surface area contributed by atoms with Crippen molar-refractivity contribution in [1.29, 1.82) is 0 Å². The summed E-state index contributed by atoms with van der Waals surface area (Å²) in [5.41, 5.74) is -0.351. The van der Waals surface area contributed by atoms with Crippen LogP contribution in [-0.2, 0) is 0 Å². The van der Waals surface area contributed by atoms with Gasteiger partial charge >= 0.3 is 17.4 Å². The van der Waals surface area contributed by atoms with Crippen molar-refractivity contribution >= 4 is 5.69 Å². The highest BCUT2D eigenvalue weighted by molar-refractivity contribution is 5.48. The van der Waals surface area contributed by atoms with Crippen LogP contribution >= 0.6 is 0 Å². The summed E-state index contributed by atoms with van der Waals surface area (Å²) in [6.07, 6.45) is 2.18. The largest absolute Gasteiger partial charge is 0.476 e. The smallest absolute Gasteiger partial charge is 0.392 e. The Kier molecular flexibility index (Phi) is 5.78. The predicted molar refractivity (Wildman–Crippen MR) is 63.9 cm³/mol. The first-order chi connectivity index (χ1) is 8.70. The van der Waals surface area contributed by atoms with Crippen LogP contribution in [0.25, 0.3) is 0 Å². The van der Waals surface area contributed by atoms with Crippen LogP contribution in [0.5, 0.6) is 11.8 Å². The van der Waals surface area contributed by atoms with Crippen LogP contribution in [-0.4, -0.2) is 41.7 Å². The quantitative estimate of drug-likeness (QED) is 0.416. The SMILES string of the molecule is CCCNCCOc1ncnc(OC)c1[N+](=O)[O-]. The summed E-state index contributed by atoms with van der Waals surface area (Å²) >= 11 is 0. The molecule has 8 nitrogen and oxygen atoms in total. The Bertz CT molecular complexity index is 399. The van der Waals surface area contributed by atoms with Gasteiger partial charge in [0.05, 0.1) is 12.0 Å². The standard InChI is InChI=1S/C10H16N4O4/c1-3-4-11-5-6-18-10-8(14(15)16)9(17-2)12-7-13-10/h7,11H,3-6H2,1-2H3. The summed E-state index contributed by atoms with van der Waals surface area (Å²) < 4.78 is 10.1. The molecule has 0 aromatic carbocycles. The molecule has 100 valence electrons. The molecule has 0 atom stereocenters. The Hall–Kier alpha value is -1.96. The highest BCUT2D eigenvalue weighted by Crippen LogP contribution is 2.31. The Morgan fingerprint density at radius 3 is 2.72 bits per heavy atom. The Labute approximate surface area is 104 Å². The Balaban J connectivity index is 2.67. The van der Waals surface area contributed by atoms with Crippen LogP contribution in [0.4, 0.5) is 5.69 Å². The molecule has 0 aliphatic rings. The number of hydrogen-bond acceptors (Lipinski definition) is 7. The maximum atomic E-state index is 10.9. The molecule has 0 saturated heterocycles. The number of aromatic nitrogens is 2. The van der Waals surface area contributed by atoms with Crippen molar-refractivity contribution in [3.05, 3.63) is 16.4 Å². The monoisotopic (exact) mass is 256 g/mol. The van der Waals surface area contributed by atoms with E-state index in [9.17, 15) is 10.1 Å². The lowest BCUT2D eigenvalue weighted by Crippen LogP contribution is -2.22. The average Bonchev–Trinajstić information content (AvgIpc) is 2.37. The minimum Gasteiger partial charge on any atom is -0.476 e. The molecule has 1 rings (SSSR count). The first-order valence-electron chi connectivity index (χ1n) is 5.57. The number of methoxy groups -OCH3 is 1. The van der Waals surface area contributed by atoms with Gasteiger partial charge in [-0.25, -0.2) is 0 Å². The third-order valence-corrected chi connectivity index (χ3v) is 2.08. The van der Waals surface area contributed by atoms with Crippen molar-refractivity contribution in [2.24, 2.45) is 0 Å². The van der Waals surface area contributed by atoms with Crippen LogP contribution < -0.4 is 14.8 Å². The summed E-state index contributed by atoms with van der Waals surface area (Å²) in [7, 11) is 1.31. The van der Waals surface area contributed by atoms with Crippen LogP contribution in [0.1, 0.15) is 13.3 Å². The molecule has 18 heavy (non-hydrogen) atoms. The maximum Gasteiger partial charge on any atom is 0.392 e. The molecule has 0 radical (unpaired) electrons. The fourth-order valence-corrected chi connectivity index (χ4v) is 1.28. The molecular weight excluding hydrogens is 240 g/mol. The third-order valence-electron chi connectivity index (χ3n) is 2.08. The van der Waals surface area contributed by atoms with E-state index in [4.69, 9.17) is 9.47 Å². The van der Waals surface area contributed by atoms with E-state index >= 15 is 0 Å². The second-order valence-electron chi connectivity index (χ2n) is 3.39. The first kappa shape index (κ1) is 14.1. The van der Waals surface area contributed by atoms with E-state index in [0.717, 1.165) is 13.0 Å². The first-order valence-corrected chi connectivity index (χ1v) is 5.57. The molecule has 0 bridgehead atoms. The number of nitro groups is 1. The summed E-state index contributed by atoms with van der Waals surface area (Å²) in [5, 5.41) is 14.0. The second kappa shape index (κ2) is 7.38. The van der Waals surface area contributed by atoms with Crippen molar-refractivity contribution in [1.82, 2.24) is 15.3 Å². The maximum absolute atomic E-state index is 10.9. The topological polar surface area (TPSA) is 99.4 Å². The van der Waals surface area contributed by atoms with Gasteiger partial charge in [-0.2, -0.15) is 9.97 Å². The summed E-state index contributed by atoms with van der Waals surface area (Å²) in [6, 6.07) is 0. The number of hydrogen-bond donors (Lipinski definition) is 1. The molecule has 0 aliphatic carbocycles. The van der Waals surface area contributed by atoms with Crippen LogP contribution in [0.3, 0.4) is 0 Å². The Morgan fingerprint density at radius 1 is 1.39 bits per heavy atom. The van der Waals surface area contributed by atoms with Gasteiger partial charge in [-0.05, 0) is 13.0 Å². The highest BCUT2D eigenvalue weighted by Gasteiger charge is 2.25. The van der Waals surface area contributed by atoms with E-state index in [-0.39, 0.29) is 17.4 Å².